The summed E-state index contributed by atoms with van der Waals surface area (Å²) in [6.07, 6.45) is 4.06. The molecule has 0 radical (unpaired) electrons. The van der Waals surface area contributed by atoms with Crippen molar-refractivity contribution in [2.75, 3.05) is 26.7 Å². The molecule has 2 fully saturated rings. The Balaban J connectivity index is 0.00000192. The van der Waals surface area contributed by atoms with Gasteiger partial charge in [-0.2, -0.15) is 0 Å². The lowest BCUT2D eigenvalue weighted by atomic mass is 10.1. The van der Waals surface area contributed by atoms with E-state index in [0.717, 1.165) is 24.1 Å². The normalized spacial score (nSPS) is 21.8. The monoisotopic (exact) mass is 432 g/mol. The molecule has 0 bridgehead atoms. The van der Waals surface area contributed by atoms with Crippen LogP contribution in [0.2, 0.25) is 0 Å². The molecule has 3 rings (SSSR count). The van der Waals surface area contributed by atoms with E-state index in [2.05, 4.69) is 20.5 Å². The van der Waals surface area contributed by atoms with Gasteiger partial charge in [0.1, 0.15) is 5.82 Å². The summed E-state index contributed by atoms with van der Waals surface area (Å²) >= 11 is 0. The second kappa shape index (κ2) is 8.82. The van der Waals surface area contributed by atoms with E-state index in [0.29, 0.717) is 12.5 Å². The molecule has 128 valence electrons. The van der Waals surface area contributed by atoms with Crippen LogP contribution in [0.4, 0.5) is 4.39 Å². The first-order chi connectivity index (χ1) is 10.7. The van der Waals surface area contributed by atoms with Gasteiger partial charge in [0.25, 0.3) is 0 Å². The van der Waals surface area contributed by atoms with E-state index in [1.807, 2.05) is 0 Å². The first kappa shape index (κ1) is 18.4. The number of halogens is 2. The van der Waals surface area contributed by atoms with Crippen LogP contribution in [0.5, 0.6) is 0 Å². The van der Waals surface area contributed by atoms with E-state index in [9.17, 15) is 4.39 Å². The molecule has 1 atom stereocenters. The SMILES string of the molecule is CN=C(NCc1ccc(F)cc1)NCC1CCN(C2CC2)C1.I. The molecule has 1 aliphatic heterocycles. The molecule has 1 heterocycles. The van der Waals surface area contributed by atoms with Gasteiger partial charge in [0.2, 0.25) is 0 Å². The van der Waals surface area contributed by atoms with Crippen molar-refractivity contribution >= 4 is 29.9 Å². The predicted molar refractivity (Wildman–Crippen MR) is 103 cm³/mol. The van der Waals surface area contributed by atoms with Gasteiger partial charge in [-0.3, -0.25) is 4.99 Å². The van der Waals surface area contributed by atoms with Crippen molar-refractivity contribution < 1.29 is 4.39 Å². The van der Waals surface area contributed by atoms with Gasteiger partial charge in [0.05, 0.1) is 0 Å². The number of likely N-dealkylation sites (tertiary alicyclic amines) is 1. The lowest BCUT2D eigenvalue weighted by molar-refractivity contribution is 0.314. The maximum atomic E-state index is 12.9. The zero-order valence-electron chi connectivity index (χ0n) is 13.6. The van der Waals surface area contributed by atoms with Gasteiger partial charge in [0.15, 0.2) is 5.96 Å². The van der Waals surface area contributed by atoms with E-state index < -0.39 is 0 Å². The molecule has 0 aromatic heterocycles. The van der Waals surface area contributed by atoms with E-state index in [-0.39, 0.29) is 29.8 Å². The molecular weight excluding hydrogens is 406 g/mol. The van der Waals surface area contributed by atoms with Gasteiger partial charge in [-0.1, -0.05) is 12.1 Å². The van der Waals surface area contributed by atoms with Gasteiger partial charge in [0, 0.05) is 32.7 Å². The Bertz CT molecular complexity index is 516. The van der Waals surface area contributed by atoms with E-state index >= 15 is 0 Å². The fourth-order valence-electron chi connectivity index (χ4n) is 3.05. The average Bonchev–Trinajstić information content (AvgIpc) is 3.28. The highest BCUT2D eigenvalue weighted by atomic mass is 127. The van der Waals surface area contributed by atoms with E-state index in [1.54, 1.807) is 19.2 Å². The van der Waals surface area contributed by atoms with E-state index in [1.165, 1.54) is 44.5 Å². The van der Waals surface area contributed by atoms with Crippen LogP contribution in [-0.2, 0) is 6.54 Å². The van der Waals surface area contributed by atoms with Crippen LogP contribution in [0.1, 0.15) is 24.8 Å². The molecule has 1 saturated carbocycles. The highest BCUT2D eigenvalue weighted by Crippen LogP contribution is 2.31. The highest BCUT2D eigenvalue weighted by molar-refractivity contribution is 14.0. The van der Waals surface area contributed by atoms with Crippen molar-refractivity contribution in [1.29, 1.82) is 0 Å². The third-order valence-electron chi connectivity index (χ3n) is 4.54. The Morgan fingerprint density at radius 2 is 1.96 bits per heavy atom. The number of nitrogens with zero attached hydrogens (tertiary/aromatic N) is 2. The molecule has 0 amide bonds. The van der Waals surface area contributed by atoms with Crippen molar-refractivity contribution in [3.05, 3.63) is 35.6 Å². The van der Waals surface area contributed by atoms with Crippen LogP contribution in [0.25, 0.3) is 0 Å². The second-order valence-corrected chi connectivity index (χ2v) is 6.31. The van der Waals surface area contributed by atoms with Crippen LogP contribution >= 0.6 is 24.0 Å². The molecule has 1 aromatic rings. The van der Waals surface area contributed by atoms with Crippen LogP contribution < -0.4 is 10.6 Å². The Morgan fingerprint density at radius 3 is 2.61 bits per heavy atom. The Labute approximate surface area is 154 Å². The standard InChI is InChI=1S/C17H25FN4.HI/c1-19-17(20-10-13-2-4-15(18)5-3-13)21-11-14-8-9-22(12-14)16-6-7-16;/h2-5,14,16H,6-12H2,1H3,(H2,19,20,21);1H. The topological polar surface area (TPSA) is 39.7 Å². The number of nitrogens with one attached hydrogen (secondary N) is 2. The molecular formula is C17H26FIN4. The van der Waals surface area contributed by atoms with Crippen LogP contribution in [0.15, 0.2) is 29.3 Å². The minimum atomic E-state index is -0.201. The van der Waals surface area contributed by atoms with E-state index in [4.69, 9.17) is 0 Å². The summed E-state index contributed by atoms with van der Waals surface area (Å²) in [6.45, 7) is 4.08. The predicted octanol–water partition coefficient (Wildman–Crippen LogP) is 2.59. The molecule has 2 aliphatic rings. The first-order valence-electron chi connectivity index (χ1n) is 8.17. The summed E-state index contributed by atoms with van der Waals surface area (Å²) in [6, 6.07) is 7.43. The van der Waals surface area contributed by atoms with Crippen LogP contribution in [0.3, 0.4) is 0 Å². The maximum Gasteiger partial charge on any atom is 0.191 e. The van der Waals surface area contributed by atoms with Gasteiger partial charge < -0.3 is 15.5 Å². The third kappa shape index (κ3) is 5.60. The second-order valence-electron chi connectivity index (χ2n) is 6.31. The molecule has 23 heavy (non-hydrogen) atoms. The first-order valence-corrected chi connectivity index (χ1v) is 8.17. The molecule has 4 nitrogen and oxygen atoms in total. The molecule has 1 aliphatic carbocycles. The summed E-state index contributed by atoms with van der Waals surface area (Å²) < 4.78 is 12.9. The number of hydrogen-bond donors (Lipinski definition) is 2. The highest BCUT2D eigenvalue weighted by Gasteiger charge is 2.34. The Kier molecular flexibility index (Phi) is 7.08. The third-order valence-corrected chi connectivity index (χ3v) is 4.54. The number of aliphatic imine (C=N–C) groups is 1. The number of guanidine groups is 1. The van der Waals surface area contributed by atoms with Crippen molar-refractivity contribution in [2.24, 2.45) is 10.9 Å². The summed E-state index contributed by atoms with van der Waals surface area (Å²) in [5, 5.41) is 6.69. The van der Waals surface area contributed by atoms with Crippen molar-refractivity contribution in [3.63, 3.8) is 0 Å². The quantitative estimate of drug-likeness (QED) is 0.427. The fourth-order valence-corrected chi connectivity index (χ4v) is 3.05. The lowest BCUT2D eigenvalue weighted by Gasteiger charge is -2.17. The number of hydrogen-bond acceptors (Lipinski definition) is 2. The maximum absolute atomic E-state index is 12.9. The van der Waals surface area contributed by atoms with Gasteiger partial charge in [-0.25, -0.2) is 4.39 Å². The zero-order valence-corrected chi connectivity index (χ0v) is 15.9. The van der Waals surface area contributed by atoms with Crippen molar-refractivity contribution in [1.82, 2.24) is 15.5 Å². The summed E-state index contributed by atoms with van der Waals surface area (Å²) in [5.41, 5.74) is 1.05. The Hall–Kier alpha value is -0.890. The van der Waals surface area contributed by atoms with Gasteiger partial charge in [-0.05, 0) is 49.4 Å². The number of benzene rings is 1. The summed E-state index contributed by atoms with van der Waals surface area (Å²) in [5.74, 6) is 1.33. The summed E-state index contributed by atoms with van der Waals surface area (Å²) in [4.78, 5) is 6.88. The number of rotatable bonds is 5. The minimum Gasteiger partial charge on any atom is -0.356 e. The van der Waals surface area contributed by atoms with Crippen LogP contribution in [0, 0.1) is 11.7 Å². The average molecular weight is 432 g/mol. The zero-order chi connectivity index (χ0) is 15.4. The van der Waals surface area contributed by atoms with Gasteiger partial charge in [-0.15, -0.1) is 24.0 Å². The van der Waals surface area contributed by atoms with Crippen molar-refractivity contribution in [3.8, 4) is 0 Å². The molecule has 6 heteroatoms. The lowest BCUT2D eigenvalue weighted by Crippen LogP contribution is -2.40. The molecule has 2 N–H and O–H groups in total. The Morgan fingerprint density at radius 1 is 1.22 bits per heavy atom. The van der Waals surface area contributed by atoms with Crippen molar-refractivity contribution in [2.45, 2.75) is 31.8 Å². The molecule has 1 aromatic carbocycles. The molecule has 1 saturated heterocycles. The van der Waals surface area contributed by atoms with Gasteiger partial charge >= 0.3 is 0 Å². The molecule has 0 spiro atoms. The summed E-state index contributed by atoms with van der Waals surface area (Å²) in [7, 11) is 1.78. The van der Waals surface area contributed by atoms with Crippen LogP contribution in [-0.4, -0.2) is 43.6 Å². The smallest absolute Gasteiger partial charge is 0.191 e. The minimum absolute atomic E-state index is 0. The largest absolute Gasteiger partial charge is 0.356 e. The molecule has 1 unspecified atom stereocenters. The fraction of sp³-hybridized carbons (Fsp3) is 0.588.